The Balaban J connectivity index is 1.82. The molecule has 2 rings (SSSR count). The van der Waals surface area contributed by atoms with E-state index in [-0.39, 0.29) is 5.97 Å². The molecular formula is C12H14BrNO3. The molecule has 1 aliphatic heterocycles. The molecule has 0 radical (unpaired) electrons. The average molecular weight is 300 g/mol. The van der Waals surface area contributed by atoms with E-state index < -0.39 is 0 Å². The van der Waals surface area contributed by atoms with E-state index in [2.05, 4.69) is 20.9 Å². The maximum Gasteiger partial charge on any atom is 0.339 e. The molecule has 0 saturated carbocycles. The van der Waals surface area contributed by atoms with Gasteiger partial charge in [-0.15, -0.1) is 0 Å². The number of pyridine rings is 1. The first kappa shape index (κ1) is 12.5. The van der Waals surface area contributed by atoms with Crippen molar-refractivity contribution >= 4 is 21.9 Å². The monoisotopic (exact) mass is 299 g/mol. The number of carbonyl (C=O) groups is 1. The summed E-state index contributed by atoms with van der Waals surface area (Å²) in [6.07, 6.45) is 3.44. The molecule has 1 saturated heterocycles. The maximum atomic E-state index is 11.7. The normalized spacial score (nSPS) is 16.8. The van der Waals surface area contributed by atoms with E-state index in [0.29, 0.717) is 22.7 Å². The highest BCUT2D eigenvalue weighted by Gasteiger charge is 2.16. The molecule has 0 aliphatic carbocycles. The molecule has 2 heterocycles. The van der Waals surface area contributed by atoms with E-state index in [1.165, 1.54) is 6.20 Å². The van der Waals surface area contributed by atoms with Crippen LogP contribution in [0.1, 0.15) is 23.2 Å². The van der Waals surface area contributed by atoms with Gasteiger partial charge in [0.15, 0.2) is 0 Å². The number of hydrogen-bond acceptors (Lipinski definition) is 4. The quantitative estimate of drug-likeness (QED) is 0.635. The third kappa shape index (κ3) is 3.78. The molecular weight excluding hydrogens is 286 g/mol. The third-order valence-corrected chi connectivity index (χ3v) is 3.22. The Bertz CT molecular complexity index is 374. The highest BCUT2D eigenvalue weighted by Crippen LogP contribution is 2.15. The molecule has 1 fully saturated rings. The summed E-state index contributed by atoms with van der Waals surface area (Å²) in [4.78, 5) is 15.7. The second-order valence-corrected chi connectivity index (χ2v) is 4.84. The second kappa shape index (κ2) is 6.12. The van der Waals surface area contributed by atoms with E-state index in [1.807, 2.05) is 0 Å². The first-order valence-electron chi connectivity index (χ1n) is 5.62. The van der Waals surface area contributed by atoms with Gasteiger partial charge in [0.2, 0.25) is 0 Å². The standard InChI is InChI=1S/C12H14BrNO3/c13-11-2-1-10(7-14-11)12(15)17-8-9-3-5-16-6-4-9/h1-2,7,9H,3-6,8H2. The molecule has 0 spiro atoms. The summed E-state index contributed by atoms with van der Waals surface area (Å²) >= 11 is 3.22. The Labute approximate surface area is 108 Å². The molecule has 92 valence electrons. The van der Waals surface area contributed by atoms with E-state index in [9.17, 15) is 4.79 Å². The van der Waals surface area contributed by atoms with Gasteiger partial charge in [-0.25, -0.2) is 9.78 Å². The zero-order chi connectivity index (χ0) is 12.1. The topological polar surface area (TPSA) is 48.4 Å². The highest BCUT2D eigenvalue weighted by molar-refractivity contribution is 9.10. The van der Waals surface area contributed by atoms with Gasteiger partial charge in [-0.1, -0.05) is 0 Å². The summed E-state index contributed by atoms with van der Waals surface area (Å²) < 4.78 is 11.2. The van der Waals surface area contributed by atoms with Crippen molar-refractivity contribution in [3.63, 3.8) is 0 Å². The number of ether oxygens (including phenoxy) is 2. The second-order valence-electron chi connectivity index (χ2n) is 4.02. The predicted octanol–water partition coefficient (Wildman–Crippen LogP) is 2.43. The smallest absolute Gasteiger partial charge is 0.339 e. The molecule has 1 aromatic rings. The van der Waals surface area contributed by atoms with Crippen LogP contribution in [0.4, 0.5) is 0 Å². The lowest BCUT2D eigenvalue weighted by atomic mass is 10.0. The summed E-state index contributed by atoms with van der Waals surface area (Å²) in [7, 11) is 0. The van der Waals surface area contributed by atoms with Gasteiger partial charge in [0.1, 0.15) is 4.60 Å². The van der Waals surface area contributed by atoms with Crippen LogP contribution in [0.2, 0.25) is 0 Å². The predicted molar refractivity (Wildman–Crippen MR) is 65.8 cm³/mol. The van der Waals surface area contributed by atoms with Gasteiger partial charge in [0, 0.05) is 19.4 Å². The molecule has 0 unspecified atom stereocenters. The van der Waals surface area contributed by atoms with Gasteiger partial charge >= 0.3 is 5.97 Å². The number of aromatic nitrogens is 1. The Kier molecular flexibility index (Phi) is 4.50. The first-order chi connectivity index (χ1) is 8.25. The van der Waals surface area contributed by atoms with Crippen molar-refractivity contribution < 1.29 is 14.3 Å². The van der Waals surface area contributed by atoms with Crippen molar-refractivity contribution in [1.29, 1.82) is 0 Å². The van der Waals surface area contributed by atoms with Crippen LogP contribution >= 0.6 is 15.9 Å². The molecule has 0 amide bonds. The van der Waals surface area contributed by atoms with Crippen molar-refractivity contribution in [2.45, 2.75) is 12.8 Å². The van der Waals surface area contributed by atoms with E-state index in [4.69, 9.17) is 9.47 Å². The van der Waals surface area contributed by atoms with Crippen molar-refractivity contribution in [3.05, 3.63) is 28.5 Å². The van der Waals surface area contributed by atoms with Gasteiger partial charge < -0.3 is 9.47 Å². The van der Waals surface area contributed by atoms with Crippen molar-refractivity contribution in [1.82, 2.24) is 4.98 Å². The lowest BCUT2D eigenvalue weighted by Gasteiger charge is -2.21. The van der Waals surface area contributed by atoms with Crippen LogP contribution in [0, 0.1) is 5.92 Å². The number of hydrogen-bond donors (Lipinski definition) is 0. The van der Waals surface area contributed by atoms with Gasteiger partial charge in [-0.3, -0.25) is 0 Å². The fourth-order valence-corrected chi connectivity index (χ4v) is 1.92. The van der Waals surface area contributed by atoms with Crippen LogP contribution in [0.5, 0.6) is 0 Å². The Hall–Kier alpha value is -0.940. The van der Waals surface area contributed by atoms with Gasteiger partial charge in [-0.05, 0) is 46.8 Å². The molecule has 1 aliphatic rings. The third-order valence-electron chi connectivity index (χ3n) is 2.75. The minimum Gasteiger partial charge on any atom is -0.462 e. The van der Waals surface area contributed by atoms with E-state index in [1.54, 1.807) is 12.1 Å². The first-order valence-corrected chi connectivity index (χ1v) is 6.41. The Morgan fingerprint density at radius 3 is 2.88 bits per heavy atom. The summed E-state index contributed by atoms with van der Waals surface area (Å²) in [5.41, 5.74) is 0.486. The summed E-state index contributed by atoms with van der Waals surface area (Å²) in [6, 6.07) is 3.43. The molecule has 5 heteroatoms. The summed E-state index contributed by atoms with van der Waals surface area (Å²) in [6.45, 7) is 2.00. The SMILES string of the molecule is O=C(OCC1CCOCC1)c1ccc(Br)nc1. The Morgan fingerprint density at radius 2 is 2.24 bits per heavy atom. The van der Waals surface area contributed by atoms with Crippen LogP contribution in [0.25, 0.3) is 0 Å². The zero-order valence-electron chi connectivity index (χ0n) is 9.39. The molecule has 0 N–H and O–H groups in total. The van der Waals surface area contributed by atoms with E-state index in [0.717, 1.165) is 26.1 Å². The van der Waals surface area contributed by atoms with E-state index >= 15 is 0 Å². The van der Waals surface area contributed by atoms with Gasteiger partial charge in [-0.2, -0.15) is 0 Å². The van der Waals surface area contributed by atoms with Gasteiger partial charge in [0.05, 0.1) is 12.2 Å². The van der Waals surface area contributed by atoms with Crippen LogP contribution in [0.3, 0.4) is 0 Å². The zero-order valence-corrected chi connectivity index (χ0v) is 11.0. The minimum atomic E-state index is -0.309. The highest BCUT2D eigenvalue weighted by atomic mass is 79.9. The van der Waals surface area contributed by atoms with Gasteiger partial charge in [0.25, 0.3) is 0 Å². The average Bonchev–Trinajstić information content (AvgIpc) is 2.38. The number of rotatable bonds is 3. The maximum absolute atomic E-state index is 11.7. The fraction of sp³-hybridized carbons (Fsp3) is 0.500. The summed E-state index contributed by atoms with van der Waals surface area (Å²) in [5.74, 6) is 0.118. The van der Waals surface area contributed by atoms with Crippen molar-refractivity contribution in [2.24, 2.45) is 5.92 Å². The number of esters is 1. The number of carbonyl (C=O) groups excluding carboxylic acids is 1. The minimum absolute atomic E-state index is 0.309. The summed E-state index contributed by atoms with van der Waals surface area (Å²) in [5, 5.41) is 0. The van der Waals surface area contributed by atoms with Crippen LogP contribution < -0.4 is 0 Å². The number of nitrogens with zero attached hydrogens (tertiary/aromatic N) is 1. The lowest BCUT2D eigenvalue weighted by Crippen LogP contribution is -2.21. The van der Waals surface area contributed by atoms with Crippen molar-refractivity contribution in [2.75, 3.05) is 19.8 Å². The molecule has 17 heavy (non-hydrogen) atoms. The van der Waals surface area contributed by atoms with Crippen LogP contribution in [0.15, 0.2) is 22.9 Å². The molecule has 1 aromatic heterocycles. The largest absolute Gasteiger partial charge is 0.462 e. The molecule has 0 aromatic carbocycles. The molecule has 0 bridgehead atoms. The van der Waals surface area contributed by atoms with Crippen molar-refractivity contribution in [3.8, 4) is 0 Å². The van der Waals surface area contributed by atoms with Crippen LogP contribution in [-0.4, -0.2) is 30.8 Å². The molecule has 0 atom stereocenters. The molecule has 4 nitrogen and oxygen atoms in total. The fourth-order valence-electron chi connectivity index (χ4n) is 1.69. The van der Waals surface area contributed by atoms with Crippen LogP contribution in [-0.2, 0) is 9.47 Å². The lowest BCUT2D eigenvalue weighted by molar-refractivity contribution is 0.0185. The number of halogens is 1. The Morgan fingerprint density at radius 1 is 1.47 bits per heavy atom.